The van der Waals surface area contributed by atoms with Crippen molar-refractivity contribution in [2.75, 3.05) is 14.1 Å². The van der Waals surface area contributed by atoms with Gasteiger partial charge in [0.2, 0.25) is 0 Å². The van der Waals surface area contributed by atoms with Crippen LogP contribution in [0.2, 0.25) is 0 Å². The van der Waals surface area contributed by atoms with Crippen LogP contribution in [-0.4, -0.2) is 40.7 Å². The van der Waals surface area contributed by atoms with Gasteiger partial charge in [-0.15, -0.1) is 0 Å². The Kier molecular flexibility index (Phi) is 4.77. The van der Waals surface area contributed by atoms with Gasteiger partial charge in [-0.3, -0.25) is 4.98 Å². The largest absolute Gasteiger partial charge is 0.385 e. The van der Waals surface area contributed by atoms with Crippen molar-refractivity contribution in [2.24, 2.45) is 29.6 Å². The average molecular weight is 417 g/mol. The summed E-state index contributed by atoms with van der Waals surface area (Å²) in [4.78, 5) is 6.76. The van der Waals surface area contributed by atoms with E-state index in [4.69, 9.17) is 0 Å². The number of hydrogen-bond acceptors (Lipinski definition) is 3. The van der Waals surface area contributed by atoms with E-state index in [9.17, 15) is 5.11 Å². The third-order valence-electron chi connectivity index (χ3n) is 9.70. The Hall–Kier alpha value is -1.71. The molecule has 164 valence electrons. The molecule has 3 heteroatoms. The summed E-state index contributed by atoms with van der Waals surface area (Å²) in [6.07, 6.45) is 16.2. The first-order valence-electron chi connectivity index (χ1n) is 12.5. The van der Waals surface area contributed by atoms with Gasteiger partial charge in [-0.2, -0.15) is 0 Å². The number of aliphatic hydroxyl groups is 1. The number of allylic oxidation sites excluding steroid dienone is 1. The van der Waals surface area contributed by atoms with Crippen LogP contribution in [0.4, 0.5) is 0 Å². The lowest BCUT2D eigenvalue weighted by Crippen LogP contribution is -2.52. The van der Waals surface area contributed by atoms with E-state index >= 15 is 0 Å². The van der Waals surface area contributed by atoms with Crippen LogP contribution in [0.3, 0.4) is 0 Å². The first kappa shape index (κ1) is 19.9. The second-order valence-electron chi connectivity index (χ2n) is 11.1. The van der Waals surface area contributed by atoms with Gasteiger partial charge in [0.1, 0.15) is 0 Å². The Bertz CT molecular complexity index is 1010. The van der Waals surface area contributed by atoms with Crippen LogP contribution in [-0.2, 0) is 0 Å². The van der Waals surface area contributed by atoms with Crippen LogP contribution >= 0.6 is 0 Å². The topological polar surface area (TPSA) is 36.4 Å². The molecule has 4 aliphatic rings. The minimum absolute atomic E-state index is 0.415. The molecule has 6 rings (SSSR count). The highest BCUT2D eigenvalue weighted by atomic mass is 16.3. The molecule has 2 aromatic rings. The van der Waals surface area contributed by atoms with Crippen LogP contribution in [0.25, 0.3) is 16.3 Å². The highest BCUT2D eigenvalue weighted by molar-refractivity contribution is 5.87. The molecule has 0 bridgehead atoms. The molecule has 0 amide bonds. The highest BCUT2D eigenvalue weighted by Gasteiger charge is 2.56. The minimum atomic E-state index is -0.634. The fraction of sp³-hybridized carbons (Fsp3) is 0.607. The zero-order valence-corrected chi connectivity index (χ0v) is 19.0. The van der Waals surface area contributed by atoms with Crippen molar-refractivity contribution in [1.82, 2.24) is 9.88 Å². The minimum Gasteiger partial charge on any atom is -0.385 e. The molecule has 1 aromatic carbocycles. The lowest BCUT2D eigenvalue weighted by molar-refractivity contribution is -0.0930. The van der Waals surface area contributed by atoms with Crippen molar-refractivity contribution in [3.05, 3.63) is 48.3 Å². The molecule has 3 saturated carbocycles. The van der Waals surface area contributed by atoms with E-state index in [0.717, 1.165) is 36.6 Å². The van der Waals surface area contributed by atoms with Gasteiger partial charge in [0, 0.05) is 23.8 Å². The standard InChI is InChI=1S/C28H36N2O/c1-30(2)22-6-8-23-19(16-22)5-7-25-24(23)11-13-28(31)26(9-10-27(25)28)20-4-3-18-12-14-29-17-21(18)15-20/h3-4,9,12,14-15,17,19,22-25,27,31H,5-8,10-11,13,16H2,1-2H3. The number of benzene rings is 1. The summed E-state index contributed by atoms with van der Waals surface area (Å²) in [7, 11) is 4.51. The van der Waals surface area contributed by atoms with Gasteiger partial charge >= 0.3 is 0 Å². The molecule has 7 atom stereocenters. The maximum atomic E-state index is 12.1. The Morgan fingerprint density at radius 2 is 1.84 bits per heavy atom. The van der Waals surface area contributed by atoms with Crippen molar-refractivity contribution in [3.8, 4) is 0 Å². The van der Waals surface area contributed by atoms with Gasteiger partial charge in [-0.05, 0) is 124 Å². The van der Waals surface area contributed by atoms with Crippen LogP contribution in [0.15, 0.2) is 42.7 Å². The van der Waals surface area contributed by atoms with Crippen molar-refractivity contribution in [2.45, 2.75) is 63.0 Å². The van der Waals surface area contributed by atoms with Gasteiger partial charge in [0.25, 0.3) is 0 Å². The lowest BCUT2D eigenvalue weighted by Gasteiger charge is -2.55. The predicted molar refractivity (Wildman–Crippen MR) is 127 cm³/mol. The molecule has 0 spiro atoms. The number of pyridine rings is 1. The van der Waals surface area contributed by atoms with Gasteiger partial charge in [-0.1, -0.05) is 18.2 Å². The Balaban J connectivity index is 1.25. The van der Waals surface area contributed by atoms with E-state index in [-0.39, 0.29) is 0 Å². The van der Waals surface area contributed by atoms with Crippen molar-refractivity contribution >= 4 is 16.3 Å². The summed E-state index contributed by atoms with van der Waals surface area (Å²) in [5.41, 5.74) is 1.76. The lowest BCUT2D eigenvalue weighted by atomic mass is 9.52. The highest BCUT2D eigenvalue weighted by Crippen LogP contribution is 2.60. The normalized spacial score (nSPS) is 39.7. The molecule has 31 heavy (non-hydrogen) atoms. The van der Waals surface area contributed by atoms with Gasteiger partial charge in [0.05, 0.1) is 5.60 Å². The second-order valence-corrected chi connectivity index (χ2v) is 11.1. The Morgan fingerprint density at radius 3 is 2.71 bits per heavy atom. The predicted octanol–water partition coefficient (Wildman–Crippen LogP) is 5.54. The molecule has 0 aliphatic heterocycles. The van der Waals surface area contributed by atoms with Crippen molar-refractivity contribution in [1.29, 1.82) is 0 Å². The summed E-state index contributed by atoms with van der Waals surface area (Å²) in [6, 6.07) is 9.47. The Labute approximate surface area is 186 Å². The van der Waals surface area contributed by atoms with Crippen LogP contribution in [0.1, 0.15) is 56.9 Å². The fourth-order valence-corrected chi connectivity index (χ4v) is 8.17. The number of nitrogens with zero attached hydrogens (tertiary/aromatic N) is 2. The number of hydrogen-bond donors (Lipinski definition) is 1. The monoisotopic (exact) mass is 416 g/mol. The first-order valence-corrected chi connectivity index (χ1v) is 12.5. The van der Waals surface area contributed by atoms with E-state index in [0.29, 0.717) is 11.8 Å². The van der Waals surface area contributed by atoms with Crippen molar-refractivity contribution in [3.63, 3.8) is 0 Å². The zero-order valence-electron chi connectivity index (χ0n) is 19.0. The van der Waals surface area contributed by atoms with Crippen molar-refractivity contribution < 1.29 is 5.11 Å². The molecule has 3 nitrogen and oxygen atoms in total. The summed E-state index contributed by atoms with van der Waals surface area (Å²) < 4.78 is 0. The summed E-state index contributed by atoms with van der Waals surface area (Å²) >= 11 is 0. The molecule has 0 radical (unpaired) electrons. The number of fused-ring (bicyclic) bond motifs is 6. The maximum absolute atomic E-state index is 12.1. The molecule has 3 fully saturated rings. The van der Waals surface area contributed by atoms with Crippen LogP contribution in [0, 0.1) is 29.6 Å². The SMILES string of the molecule is CN(C)C1CCC2C(CCC3C2CCC2(O)C(c4ccc5ccncc5c4)=CCC32)C1. The molecule has 1 heterocycles. The van der Waals surface area contributed by atoms with E-state index < -0.39 is 5.60 Å². The van der Waals surface area contributed by atoms with Crippen LogP contribution < -0.4 is 0 Å². The second kappa shape index (κ2) is 7.42. The molecular formula is C28H36N2O. The van der Waals surface area contributed by atoms with E-state index in [1.807, 2.05) is 12.4 Å². The van der Waals surface area contributed by atoms with E-state index in [1.54, 1.807) is 0 Å². The molecular weight excluding hydrogens is 380 g/mol. The first-order chi connectivity index (χ1) is 15.0. The maximum Gasteiger partial charge on any atom is 0.0933 e. The molecule has 0 saturated heterocycles. The summed E-state index contributed by atoms with van der Waals surface area (Å²) in [6.45, 7) is 0. The average Bonchev–Trinajstić information content (AvgIpc) is 3.15. The van der Waals surface area contributed by atoms with E-state index in [1.165, 1.54) is 60.4 Å². The van der Waals surface area contributed by atoms with Crippen LogP contribution in [0.5, 0.6) is 0 Å². The zero-order chi connectivity index (χ0) is 21.2. The molecule has 4 aliphatic carbocycles. The third kappa shape index (κ3) is 3.11. The third-order valence-corrected chi connectivity index (χ3v) is 9.70. The fourth-order valence-electron chi connectivity index (χ4n) is 8.17. The van der Waals surface area contributed by atoms with Gasteiger partial charge in [0.15, 0.2) is 0 Å². The summed E-state index contributed by atoms with van der Waals surface area (Å²) in [5, 5.41) is 14.4. The molecule has 1 aromatic heterocycles. The molecule has 7 unspecified atom stereocenters. The van der Waals surface area contributed by atoms with Gasteiger partial charge < -0.3 is 10.0 Å². The van der Waals surface area contributed by atoms with Gasteiger partial charge in [-0.25, -0.2) is 0 Å². The van der Waals surface area contributed by atoms with E-state index in [2.05, 4.69) is 54.3 Å². The smallest absolute Gasteiger partial charge is 0.0933 e. The number of aromatic nitrogens is 1. The summed E-state index contributed by atoms with van der Waals surface area (Å²) in [5.74, 6) is 3.76. The number of rotatable bonds is 2. The quantitative estimate of drug-likeness (QED) is 0.699. The molecule has 1 N–H and O–H groups in total. The Morgan fingerprint density at radius 1 is 0.968 bits per heavy atom.